The van der Waals surface area contributed by atoms with Gasteiger partial charge in [-0.1, -0.05) is 6.07 Å². The third-order valence-electron chi connectivity index (χ3n) is 1.46. The van der Waals surface area contributed by atoms with E-state index in [-0.39, 0.29) is 32.2 Å². The number of carbonyl (C=O) groups excluding carboxylic acids is 2. The Bertz CT molecular complexity index is 340. The molecule has 4 radical (unpaired) electrons. The van der Waals surface area contributed by atoms with E-state index in [9.17, 15) is 22.8 Å². The molecule has 0 aromatic carbocycles. The fraction of sp³-hybridized carbons (Fsp3) is 0.250. The van der Waals surface area contributed by atoms with E-state index in [0.29, 0.717) is 0 Å². The molecule has 0 N–H and O–H groups in total. The third-order valence-corrected chi connectivity index (χ3v) is 2.34. The summed E-state index contributed by atoms with van der Waals surface area (Å²) in [5.74, 6) is -3.19. The standard InChI is InChI=1S/C8H5F3O2S.Pb/c9-5(7(13)8(10)11)6(12)4-2-1-3-14-4;/h1-3,5,8H;. The number of Topliss-reactive ketones (excluding diaryl/α,β-unsaturated/α-hetero) is 2. The van der Waals surface area contributed by atoms with E-state index < -0.39 is 24.2 Å². The van der Waals surface area contributed by atoms with Crippen LogP contribution in [0, 0.1) is 0 Å². The largest absolute Gasteiger partial charge is 0.299 e. The maximum atomic E-state index is 12.8. The summed E-state index contributed by atoms with van der Waals surface area (Å²) in [5.41, 5.74) is 0. The Morgan fingerprint density at radius 2 is 1.87 bits per heavy atom. The number of rotatable bonds is 4. The fourth-order valence-corrected chi connectivity index (χ4v) is 1.46. The minimum atomic E-state index is -3.45. The Kier molecular flexibility index (Phi) is 6.25. The van der Waals surface area contributed by atoms with Crippen LogP contribution in [0.2, 0.25) is 0 Å². The van der Waals surface area contributed by atoms with Gasteiger partial charge in [0.05, 0.1) is 4.88 Å². The second-order valence-electron chi connectivity index (χ2n) is 2.41. The van der Waals surface area contributed by atoms with Crippen molar-refractivity contribution in [1.29, 1.82) is 0 Å². The molecule has 0 amide bonds. The molecule has 2 nitrogen and oxygen atoms in total. The van der Waals surface area contributed by atoms with Gasteiger partial charge >= 0.3 is 0 Å². The first-order valence-electron chi connectivity index (χ1n) is 3.57. The van der Waals surface area contributed by atoms with Gasteiger partial charge in [-0.2, -0.15) is 0 Å². The number of carbonyl (C=O) groups is 2. The van der Waals surface area contributed by atoms with E-state index in [1.54, 1.807) is 0 Å². The summed E-state index contributed by atoms with van der Waals surface area (Å²) in [6.07, 6.45) is -6.21. The predicted molar refractivity (Wildman–Crippen MR) is 50.3 cm³/mol. The number of alkyl halides is 3. The van der Waals surface area contributed by atoms with E-state index >= 15 is 0 Å². The van der Waals surface area contributed by atoms with Crippen LogP contribution < -0.4 is 0 Å². The van der Waals surface area contributed by atoms with Crippen molar-refractivity contribution in [2.45, 2.75) is 12.6 Å². The molecule has 80 valence electrons. The van der Waals surface area contributed by atoms with Gasteiger partial charge in [0.15, 0.2) is 0 Å². The maximum absolute atomic E-state index is 12.8. The summed E-state index contributed by atoms with van der Waals surface area (Å²) in [7, 11) is 0. The molecule has 1 atom stereocenters. The van der Waals surface area contributed by atoms with Crippen molar-refractivity contribution < 1.29 is 22.8 Å². The molecule has 0 saturated carbocycles. The summed E-state index contributed by atoms with van der Waals surface area (Å²) in [6, 6.07) is 2.75. The van der Waals surface area contributed by atoms with E-state index in [4.69, 9.17) is 0 Å². The van der Waals surface area contributed by atoms with Gasteiger partial charge in [0, 0.05) is 27.3 Å². The number of ketones is 2. The Hall–Kier alpha value is -0.248. The van der Waals surface area contributed by atoms with Crippen LogP contribution in [0.25, 0.3) is 0 Å². The minimum absolute atomic E-state index is 0. The van der Waals surface area contributed by atoms with Crippen molar-refractivity contribution in [2.75, 3.05) is 0 Å². The van der Waals surface area contributed by atoms with Gasteiger partial charge in [0.1, 0.15) is 0 Å². The van der Waals surface area contributed by atoms with Crippen molar-refractivity contribution in [1.82, 2.24) is 0 Å². The van der Waals surface area contributed by atoms with Crippen LogP contribution in [-0.4, -0.2) is 51.5 Å². The zero-order valence-electron chi connectivity index (χ0n) is 7.25. The molecule has 1 unspecified atom stereocenters. The van der Waals surface area contributed by atoms with Crippen LogP contribution in [0.4, 0.5) is 13.2 Å². The third kappa shape index (κ3) is 3.67. The molecule has 0 aliphatic heterocycles. The molecule has 1 aromatic rings. The summed E-state index contributed by atoms with van der Waals surface area (Å²) < 4.78 is 36.3. The first-order chi connectivity index (χ1) is 6.54. The van der Waals surface area contributed by atoms with Crippen LogP contribution in [0.1, 0.15) is 9.67 Å². The quantitative estimate of drug-likeness (QED) is 0.415. The smallest absolute Gasteiger partial charge is 0.289 e. The molecule has 0 aliphatic carbocycles. The van der Waals surface area contributed by atoms with E-state index in [0.717, 1.165) is 11.3 Å². The topological polar surface area (TPSA) is 34.1 Å². The van der Waals surface area contributed by atoms with Crippen molar-refractivity contribution >= 4 is 50.2 Å². The summed E-state index contributed by atoms with van der Waals surface area (Å²) in [4.78, 5) is 21.4. The monoisotopic (exact) mass is 430 g/mol. The second kappa shape index (κ2) is 6.36. The molecule has 0 aliphatic rings. The van der Waals surface area contributed by atoms with Gasteiger partial charge in [-0.05, 0) is 11.4 Å². The van der Waals surface area contributed by atoms with Crippen LogP contribution in [-0.2, 0) is 4.79 Å². The molecular formula is C8H5F3O2PbS. The minimum Gasteiger partial charge on any atom is -0.289 e. The summed E-state index contributed by atoms with van der Waals surface area (Å²) in [6.45, 7) is 0. The maximum Gasteiger partial charge on any atom is 0.299 e. The number of hydrogen-bond acceptors (Lipinski definition) is 3. The molecule has 1 aromatic heterocycles. The summed E-state index contributed by atoms with van der Waals surface area (Å²) >= 11 is 0.902. The van der Waals surface area contributed by atoms with Gasteiger partial charge in [-0.25, -0.2) is 13.2 Å². The van der Waals surface area contributed by atoms with Crippen LogP contribution in [0.5, 0.6) is 0 Å². The van der Waals surface area contributed by atoms with Crippen molar-refractivity contribution in [3.05, 3.63) is 22.4 Å². The number of thiophene rings is 1. The Labute approximate surface area is 108 Å². The molecule has 0 saturated heterocycles. The second-order valence-corrected chi connectivity index (χ2v) is 3.35. The molecular weight excluding hydrogens is 424 g/mol. The Balaban J connectivity index is 0.00000196. The van der Waals surface area contributed by atoms with Gasteiger partial charge in [0.25, 0.3) is 6.43 Å². The average molecular weight is 429 g/mol. The van der Waals surface area contributed by atoms with Gasteiger partial charge in [-0.3, -0.25) is 9.59 Å². The molecule has 1 rings (SSSR count). The normalized spacial score (nSPS) is 12.0. The van der Waals surface area contributed by atoms with Crippen molar-refractivity contribution in [3.8, 4) is 0 Å². The zero-order valence-corrected chi connectivity index (χ0v) is 11.9. The molecule has 7 heteroatoms. The molecule has 0 bridgehead atoms. The Morgan fingerprint density at radius 1 is 1.27 bits per heavy atom. The number of halogens is 3. The van der Waals surface area contributed by atoms with Gasteiger partial charge in [-0.15, -0.1) is 11.3 Å². The SMILES string of the molecule is O=C(c1cccs1)C(F)C(=O)C(F)F.[Pb]. The van der Waals surface area contributed by atoms with E-state index in [1.165, 1.54) is 17.5 Å². The van der Waals surface area contributed by atoms with Crippen molar-refractivity contribution in [3.63, 3.8) is 0 Å². The zero-order chi connectivity index (χ0) is 10.7. The van der Waals surface area contributed by atoms with E-state index in [2.05, 4.69) is 0 Å². The summed E-state index contributed by atoms with van der Waals surface area (Å²) in [5, 5.41) is 1.49. The van der Waals surface area contributed by atoms with Crippen LogP contribution in [0.15, 0.2) is 17.5 Å². The number of hydrogen-bond donors (Lipinski definition) is 0. The van der Waals surface area contributed by atoms with Crippen LogP contribution >= 0.6 is 11.3 Å². The fourth-order valence-electron chi connectivity index (χ4n) is 0.783. The first kappa shape index (κ1) is 14.8. The molecule has 0 fully saturated rings. The van der Waals surface area contributed by atoms with Gasteiger partial charge in [0.2, 0.25) is 17.7 Å². The predicted octanol–water partition coefficient (Wildman–Crippen LogP) is 1.72. The first-order valence-corrected chi connectivity index (χ1v) is 4.45. The van der Waals surface area contributed by atoms with Gasteiger partial charge < -0.3 is 0 Å². The Morgan fingerprint density at radius 3 is 2.27 bits per heavy atom. The average Bonchev–Trinajstić information content (AvgIpc) is 2.67. The van der Waals surface area contributed by atoms with Crippen molar-refractivity contribution in [2.24, 2.45) is 0 Å². The van der Waals surface area contributed by atoms with Crippen LogP contribution in [0.3, 0.4) is 0 Å². The molecule has 1 heterocycles. The molecule has 0 spiro atoms. The van der Waals surface area contributed by atoms with E-state index in [1.807, 2.05) is 0 Å². The molecule has 15 heavy (non-hydrogen) atoms.